The van der Waals surface area contributed by atoms with Crippen molar-refractivity contribution in [1.82, 2.24) is 10.2 Å². The van der Waals surface area contributed by atoms with Crippen LogP contribution in [0.3, 0.4) is 0 Å². The van der Waals surface area contributed by atoms with Gasteiger partial charge in [-0.2, -0.15) is 0 Å². The van der Waals surface area contributed by atoms with E-state index in [9.17, 15) is 4.79 Å². The topological polar surface area (TPSA) is 65.4 Å². The van der Waals surface area contributed by atoms with Gasteiger partial charge in [0.15, 0.2) is 0 Å². The SMILES string of the molecule is CN1C(=N)NC(=O)C1=Cc1ccc(OCc2ccccc2)cc1. The van der Waals surface area contributed by atoms with Crippen LogP contribution in [0.25, 0.3) is 6.08 Å². The summed E-state index contributed by atoms with van der Waals surface area (Å²) in [6.45, 7) is 0.517. The van der Waals surface area contributed by atoms with Gasteiger partial charge in [-0.25, -0.2) is 0 Å². The Morgan fingerprint density at radius 2 is 1.83 bits per heavy atom. The molecule has 5 heteroatoms. The first-order chi connectivity index (χ1) is 11.1. The van der Waals surface area contributed by atoms with Gasteiger partial charge in [-0.1, -0.05) is 42.5 Å². The van der Waals surface area contributed by atoms with Crippen molar-refractivity contribution in [3.05, 3.63) is 71.4 Å². The van der Waals surface area contributed by atoms with E-state index in [0.29, 0.717) is 12.3 Å². The zero-order chi connectivity index (χ0) is 16.2. The molecule has 0 atom stereocenters. The zero-order valence-electron chi connectivity index (χ0n) is 12.7. The van der Waals surface area contributed by atoms with Gasteiger partial charge in [0.25, 0.3) is 5.91 Å². The Hall–Kier alpha value is -3.08. The Morgan fingerprint density at radius 1 is 1.13 bits per heavy atom. The van der Waals surface area contributed by atoms with Crippen LogP contribution >= 0.6 is 0 Å². The van der Waals surface area contributed by atoms with Crippen LogP contribution in [-0.4, -0.2) is 23.8 Å². The molecule has 2 aromatic rings. The normalized spacial score (nSPS) is 15.9. The van der Waals surface area contributed by atoms with Crippen LogP contribution in [0.1, 0.15) is 11.1 Å². The van der Waals surface area contributed by atoms with Gasteiger partial charge in [-0.15, -0.1) is 0 Å². The summed E-state index contributed by atoms with van der Waals surface area (Å²) in [7, 11) is 1.68. The van der Waals surface area contributed by atoms with Crippen LogP contribution < -0.4 is 10.1 Å². The van der Waals surface area contributed by atoms with Crippen molar-refractivity contribution in [2.45, 2.75) is 6.61 Å². The number of benzene rings is 2. The highest BCUT2D eigenvalue weighted by Crippen LogP contribution is 2.18. The lowest BCUT2D eigenvalue weighted by atomic mass is 10.2. The number of carbonyl (C=O) groups is 1. The Bertz CT molecular complexity index is 752. The van der Waals surface area contributed by atoms with Gasteiger partial charge < -0.3 is 9.64 Å². The molecule has 2 aromatic carbocycles. The highest BCUT2D eigenvalue weighted by atomic mass is 16.5. The van der Waals surface area contributed by atoms with E-state index in [1.54, 1.807) is 13.1 Å². The molecular weight excluding hydrogens is 290 g/mol. The molecule has 1 aliphatic rings. The summed E-state index contributed by atoms with van der Waals surface area (Å²) in [4.78, 5) is 13.3. The van der Waals surface area contributed by atoms with Gasteiger partial charge in [-0.05, 0) is 29.3 Å². The second-order valence-corrected chi connectivity index (χ2v) is 5.23. The largest absolute Gasteiger partial charge is 0.489 e. The van der Waals surface area contributed by atoms with Crippen molar-refractivity contribution >= 4 is 17.9 Å². The number of nitrogens with zero attached hydrogens (tertiary/aromatic N) is 1. The van der Waals surface area contributed by atoms with Crippen LogP contribution in [0.15, 0.2) is 60.3 Å². The fraction of sp³-hybridized carbons (Fsp3) is 0.111. The van der Waals surface area contributed by atoms with E-state index in [1.807, 2.05) is 54.6 Å². The Kier molecular flexibility index (Phi) is 4.10. The number of carbonyl (C=O) groups excluding carboxylic acids is 1. The molecular formula is C18H17N3O2. The summed E-state index contributed by atoms with van der Waals surface area (Å²) < 4.78 is 5.73. The minimum atomic E-state index is -0.262. The molecule has 0 radical (unpaired) electrons. The average Bonchev–Trinajstić information content (AvgIpc) is 2.81. The van der Waals surface area contributed by atoms with Crippen LogP contribution in [0, 0.1) is 5.41 Å². The first-order valence-electron chi connectivity index (χ1n) is 7.25. The summed E-state index contributed by atoms with van der Waals surface area (Å²) in [6, 6.07) is 17.5. The lowest BCUT2D eigenvalue weighted by Crippen LogP contribution is -2.25. The molecule has 5 nitrogen and oxygen atoms in total. The molecule has 0 bridgehead atoms. The van der Waals surface area contributed by atoms with Gasteiger partial charge in [0.2, 0.25) is 5.96 Å². The number of amides is 1. The molecule has 1 heterocycles. The van der Waals surface area contributed by atoms with Crippen molar-refractivity contribution in [3.8, 4) is 5.75 Å². The molecule has 2 N–H and O–H groups in total. The number of hydrogen-bond donors (Lipinski definition) is 2. The van der Waals surface area contributed by atoms with Crippen molar-refractivity contribution in [3.63, 3.8) is 0 Å². The van der Waals surface area contributed by atoms with Crippen LogP contribution in [0.2, 0.25) is 0 Å². The molecule has 0 unspecified atom stereocenters. The van der Waals surface area contributed by atoms with Gasteiger partial charge >= 0.3 is 0 Å². The molecule has 1 fully saturated rings. The lowest BCUT2D eigenvalue weighted by molar-refractivity contribution is -0.115. The minimum absolute atomic E-state index is 0.0871. The number of nitrogens with one attached hydrogen (secondary N) is 2. The molecule has 0 saturated carbocycles. The third kappa shape index (κ3) is 3.40. The van der Waals surface area contributed by atoms with Crippen molar-refractivity contribution < 1.29 is 9.53 Å². The van der Waals surface area contributed by atoms with Crippen molar-refractivity contribution in [2.24, 2.45) is 0 Å². The van der Waals surface area contributed by atoms with E-state index < -0.39 is 0 Å². The number of guanidine groups is 1. The van der Waals surface area contributed by atoms with E-state index in [-0.39, 0.29) is 11.9 Å². The van der Waals surface area contributed by atoms with Gasteiger partial charge in [0.05, 0.1) is 0 Å². The maximum atomic E-state index is 11.7. The summed E-state index contributed by atoms with van der Waals surface area (Å²) >= 11 is 0. The molecule has 23 heavy (non-hydrogen) atoms. The zero-order valence-corrected chi connectivity index (χ0v) is 12.7. The summed E-state index contributed by atoms with van der Waals surface area (Å²) in [5.74, 6) is 0.596. The lowest BCUT2D eigenvalue weighted by Gasteiger charge is -2.09. The van der Waals surface area contributed by atoms with Gasteiger partial charge in [-0.3, -0.25) is 15.5 Å². The highest BCUT2D eigenvalue weighted by molar-refractivity contribution is 6.14. The molecule has 0 aliphatic carbocycles. The molecule has 3 rings (SSSR count). The first kappa shape index (κ1) is 14.8. The van der Waals surface area contributed by atoms with Gasteiger partial charge in [0.1, 0.15) is 18.1 Å². The molecule has 1 aliphatic heterocycles. The highest BCUT2D eigenvalue weighted by Gasteiger charge is 2.26. The number of likely N-dealkylation sites (N-methyl/N-ethyl adjacent to an activating group) is 1. The second kappa shape index (κ2) is 6.36. The first-order valence-corrected chi connectivity index (χ1v) is 7.25. The predicted octanol–water partition coefficient (Wildman–Crippen LogP) is 2.60. The fourth-order valence-corrected chi connectivity index (χ4v) is 2.25. The number of ether oxygens (including phenoxy) is 1. The third-order valence-corrected chi connectivity index (χ3v) is 3.59. The summed E-state index contributed by atoms with van der Waals surface area (Å²) in [6.07, 6.45) is 1.75. The van der Waals surface area contributed by atoms with Crippen molar-refractivity contribution in [1.29, 1.82) is 5.41 Å². The maximum absolute atomic E-state index is 11.7. The molecule has 1 saturated heterocycles. The predicted molar refractivity (Wildman–Crippen MR) is 88.8 cm³/mol. The van der Waals surface area contributed by atoms with E-state index >= 15 is 0 Å². The quantitative estimate of drug-likeness (QED) is 0.853. The summed E-state index contributed by atoms with van der Waals surface area (Å²) in [5.41, 5.74) is 2.44. The van der Waals surface area contributed by atoms with E-state index in [2.05, 4.69) is 5.32 Å². The molecule has 0 aromatic heterocycles. The minimum Gasteiger partial charge on any atom is -0.489 e. The number of rotatable bonds is 4. The van der Waals surface area contributed by atoms with Crippen molar-refractivity contribution in [2.75, 3.05) is 7.05 Å². The van der Waals surface area contributed by atoms with Gasteiger partial charge in [0, 0.05) is 7.05 Å². The smallest absolute Gasteiger partial charge is 0.274 e. The third-order valence-electron chi connectivity index (χ3n) is 3.59. The Balaban J connectivity index is 1.68. The second-order valence-electron chi connectivity index (χ2n) is 5.23. The maximum Gasteiger partial charge on any atom is 0.274 e. The average molecular weight is 307 g/mol. The van der Waals surface area contributed by atoms with Crippen LogP contribution in [0.4, 0.5) is 0 Å². The Morgan fingerprint density at radius 3 is 2.43 bits per heavy atom. The van der Waals surface area contributed by atoms with E-state index in [1.165, 1.54) is 4.90 Å². The molecule has 1 amide bonds. The molecule has 116 valence electrons. The Labute approximate surface area is 134 Å². The summed E-state index contributed by atoms with van der Waals surface area (Å²) in [5, 5.41) is 10.0. The van der Waals surface area contributed by atoms with E-state index in [4.69, 9.17) is 10.1 Å². The van der Waals surface area contributed by atoms with E-state index in [0.717, 1.165) is 16.9 Å². The fourth-order valence-electron chi connectivity index (χ4n) is 2.25. The standard InChI is InChI=1S/C18H17N3O2/c1-21-16(17(22)20-18(21)19)11-13-7-9-15(10-8-13)23-12-14-5-3-2-4-6-14/h2-11H,12H2,1H3,(H2,19,20,22). The van der Waals surface area contributed by atoms with Crippen LogP contribution in [0.5, 0.6) is 5.75 Å². The molecule has 0 spiro atoms. The monoisotopic (exact) mass is 307 g/mol. The number of hydrogen-bond acceptors (Lipinski definition) is 3. The van der Waals surface area contributed by atoms with Crippen LogP contribution in [-0.2, 0) is 11.4 Å².